The molecule has 0 aliphatic heterocycles. The van der Waals surface area contributed by atoms with Crippen molar-refractivity contribution in [1.82, 2.24) is 15.3 Å². The summed E-state index contributed by atoms with van der Waals surface area (Å²) >= 11 is 0. The number of benzene rings is 2. The van der Waals surface area contributed by atoms with Gasteiger partial charge in [0.15, 0.2) is 0 Å². The normalized spacial score (nSPS) is 11.9. The molecule has 2 N–H and O–H groups in total. The largest absolute Gasteiger partial charge is 0.450 e. The highest BCUT2D eigenvalue weighted by molar-refractivity contribution is 5.84. The molecule has 1 heterocycles. The van der Waals surface area contributed by atoms with Crippen LogP contribution in [0.15, 0.2) is 59.7 Å². The molecule has 3 aromatic rings. The van der Waals surface area contributed by atoms with Crippen LogP contribution in [0.25, 0.3) is 5.69 Å². The number of ether oxygens (including phenoxy) is 1. The number of hydrogen-bond donors (Lipinski definition) is 2. The van der Waals surface area contributed by atoms with E-state index in [4.69, 9.17) is 4.74 Å². The molecule has 0 spiro atoms. The molecule has 2 aromatic carbocycles. The molecule has 0 aliphatic rings. The summed E-state index contributed by atoms with van der Waals surface area (Å²) in [6.07, 6.45) is 1.12. The van der Waals surface area contributed by atoms with Gasteiger partial charge < -0.3 is 14.6 Å². The highest BCUT2D eigenvalue weighted by Gasteiger charge is 2.19. The summed E-state index contributed by atoms with van der Waals surface area (Å²) in [5.41, 5.74) is 10.00. The molecule has 178 valence electrons. The maximum atomic E-state index is 12.6. The van der Waals surface area contributed by atoms with Gasteiger partial charge in [0.25, 0.3) is 0 Å². The van der Waals surface area contributed by atoms with Gasteiger partial charge in [0.2, 0.25) is 5.91 Å². The van der Waals surface area contributed by atoms with Crippen LogP contribution < -0.4 is 10.7 Å². The number of aromatic nitrogens is 1. The molecule has 7 heteroatoms. The summed E-state index contributed by atoms with van der Waals surface area (Å²) in [7, 11) is 0. The Kier molecular flexibility index (Phi) is 8.24. The van der Waals surface area contributed by atoms with E-state index in [1.807, 2.05) is 43.3 Å². The van der Waals surface area contributed by atoms with Crippen LogP contribution in [0.5, 0.6) is 0 Å². The van der Waals surface area contributed by atoms with Crippen LogP contribution in [-0.4, -0.2) is 29.4 Å². The molecule has 0 aliphatic carbocycles. The molecule has 1 atom stereocenters. The Morgan fingerprint density at radius 2 is 1.71 bits per heavy atom. The van der Waals surface area contributed by atoms with E-state index in [1.165, 1.54) is 11.1 Å². The van der Waals surface area contributed by atoms with Crippen LogP contribution in [-0.2, 0) is 9.53 Å². The highest BCUT2D eigenvalue weighted by atomic mass is 16.5. The summed E-state index contributed by atoms with van der Waals surface area (Å²) in [4.78, 5) is 24.5. The Hall–Kier alpha value is -3.87. The van der Waals surface area contributed by atoms with Crippen molar-refractivity contribution in [3.8, 4) is 5.69 Å². The molecule has 0 unspecified atom stereocenters. The minimum absolute atomic E-state index is 0.0294. The predicted molar refractivity (Wildman–Crippen MR) is 134 cm³/mol. The zero-order valence-corrected chi connectivity index (χ0v) is 20.4. The van der Waals surface area contributed by atoms with Crippen molar-refractivity contribution in [3.63, 3.8) is 0 Å². The van der Waals surface area contributed by atoms with Crippen molar-refractivity contribution in [2.24, 2.45) is 5.10 Å². The third-order valence-electron chi connectivity index (χ3n) is 5.69. The molecular formula is C27H32N4O3. The van der Waals surface area contributed by atoms with Gasteiger partial charge in [-0.1, -0.05) is 48.5 Å². The quantitative estimate of drug-likeness (QED) is 0.365. The Balaban J connectivity index is 1.72. The van der Waals surface area contributed by atoms with Crippen molar-refractivity contribution in [2.75, 3.05) is 6.61 Å². The molecule has 34 heavy (non-hydrogen) atoms. The molecule has 0 bridgehead atoms. The van der Waals surface area contributed by atoms with Crippen molar-refractivity contribution in [1.29, 1.82) is 0 Å². The second-order valence-corrected chi connectivity index (χ2v) is 8.23. The fourth-order valence-electron chi connectivity index (χ4n) is 4.08. The zero-order valence-electron chi connectivity index (χ0n) is 20.4. The first kappa shape index (κ1) is 24.8. The minimum atomic E-state index is -0.563. The molecule has 0 saturated heterocycles. The van der Waals surface area contributed by atoms with Gasteiger partial charge in [-0.3, -0.25) is 4.79 Å². The third-order valence-corrected chi connectivity index (χ3v) is 5.69. The number of rotatable bonds is 8. The highest BCUT2D eigenvalue weighted by Crippen LogP contribution is 2.25. The standard InChI is InChI=1S/C27H32N4O3/c1-6-34-27(33)29-24(22-13-8-7-9-14-22)16-25(32)30-28-17-23-15-20(4)31(21(23)5)26-18(2)11-10-12-19(26)3/h7-15,17,24H,6,16H2,1-5H3,(H,29,33)(H,30,32)/b28-17-/t24-/m0/s1. The lowest BCUT2D eigenvalue weighted by molar-refractivity contribution is -0.121. The van der Waals surface area contributed by atoms with E-state index in [1.54, 1.807) is 13.1 Å². The number of para-hydroxylation sites is 1. The van der Waals surface area contributed by atoms with E-state index in [0.29, 0.717) is 0 Å². The first-order chi connectivity index (χ1) is 16.3. The van der Waals surface area contributed by atoms with Gasteiger partial charge in [-0.2, -0.15) is 5.10 Å². The fourth-order valence-corrected chi connectivity index (χ4v) is 4.08. The van der Waals surface area contributed by atoms with Crippen LogP contribution >= 0.6 is 0 Å². The molecule has 7 nitrogen and oxygen atoms in total. The smallest absolute Gasteiger partial charge is 0.407 e. The topological polar surface area (TPSA) is 84.7 Å². The third kappa shape index (κ3) is 5.92. The average molecular weight is 461 g/mol. The van der Waals surface area contributed by atoms with E-state index in [0.717, 1.165) is 28.2 Å². The maximum absolute atomic E-state index is 12.6. The molecule has 1 aromatic heterocycles. The molecule has 2 amide bonds. The lowest BCUT2D eigenvalue weighted by Gasteiger charge is -2.18. The lowest BCUT2D eigenvalue weighted by Crippen LogP contribution is -2.33. The zero-order chi connectivity index (χ0) is 24.7. The van der Waals surface area contributed by atoms with Gasteiger partial charge in [0, 0.05) is 17.0 Å². The van der Waals surface area contributed by atoms with Crippen LogP contribution in [0.4, 0.5) is 4.79 Å². The Morgan fingerprint density at radius 1 is 1.03 bits per heavy atom. The van der Waals surface area contributed by atoms with Crippen LogP contribution in [0, 0.1) is 27.7 Å². The molecule has 0 fully saturated rings. The summed E-state index contributed by atoms with van der Waals surface area (Å²) in [5, 5.41) is 6.92. The van der Waals surface area contributed by atoms with Gasteiger partial charge >= 0.3 is 6.09 Å². The predicted octanol–water partition coefficient (Wildman–Crippen LogP) is 5.04. The Labute approximate surface area is 200 Å². The van der Waals surface area contributed by atoms with Crippen molar-refractivity contribution >= 4 is 18.2 Å². The second-order valence-electron chi connectivity index (χ2n) is 8.23. The summed E-state index contributed by atoms with van der Waals surface area (Å²) < 4.78 is 7.19. The molecule has 0 saturated carbocycles. The van der Waals surface area contributed by atoms with E-state index in [2.05, 4.69) is 59.4 Å². The van der Waals surface area contributed by atoms with Gasteiger partial charge in [-0.15, -0.1) is 0 Å². The number of aryl methyl sites for hydroxylation is 3. The molecule has 0 radical (unpaired) electrons. The number of alkyl carbamates (subject to hydrolysis) is 1. The number of nitrogens with one attached hydrogen (secondary N) is 2. The first-order valence-corrected chi connectivity index (χ1v) is 11.4. The maximum Gasteiger partial charge on any atom is 0.407 e. The molecular weight excluding hydrogens is 428 g/mol. The second kappa shape index (κ2) is 11.3. The van der Waals surface area contributed by atoms with Gasteiger partial charge in [-0.05, 0) is 57.4 Å². The number of hydrazone groups is 1. The van der Waals surface area contributed by atoms with Gasteiger partial charge in [0.1, 0.15) is 0 Å². The number of hydrogen-bond acceptors (Lipinski definition) is 4. The summed E-state index contributed by atoms with van der Waals surface area (Å²) in [6, 6.07) is 17.1. The number of amides is 2. The number of carbonyl (C=O) groups excluding carboxylic acids is 2. The van der Waals surface area contributed by atoms with Crippen LogP contribution in [0.1, 0.15) is 53.0 Å². The van der Waals surface area contributed by atoms with Crippen LogP contribution in [0.3, 0.4) is 0 Å². The summed E-state index contributed by atoms with van der Waals surface area (Å²) in [5.74, 6) is -0.314. The van der Waals surface area contributed by atoms with E-state index < -0.39 is 12.1 Å². The Bertz CT molecular complexity index is 1160. The van der Waals surface area contributed by atoms with E-state index >= 15 is 0 Å². The van der Waals surface area contributed by atoms with Gasteiger partial charge in [0.05, 0.1) is 31.0 Å². The van der Waals surface area contributed by atoms with Crippen molar-refractivity contribution < 1.29 is 14.3 Å². The Morgan fingerprint density at radius 3 is 2.35 bits per heavy atom. The number of nitrogens with zero attached hydrogens (tertiary/aromatic N) is 2. The SMILES string of the molecule is CCOC(=O)N[C@@H](CC(=O)N/N=C\c1cc(C)n(-c2c(C)cccc2C)c1C)c1ccccc1. The van der Waals surface area contributed by atoms with Gasteiger partial charge in [-0.25, -0.2) is 10.2 Å². The first-order valence-electron chi connectivity index (χ1n) is 11.4. The van der Waals surface area contributed by atoms with Crippen molar-refractivity contribution in [3.05, 3.63) is 88.2 Å². The van der Waals surface area contributed by atoms with E-state index in [9.17, 15) is 9.59 Å². The number of carbonyl (C=O) groups is 2. The minimum Gasteiger partial charge on any atom is -0.450 e. The monoisotopic (exact) mass is 460 g/mol. The average Bonchev–Trinajstić information content (AvgIpc) is 3.07. The van der Waals surface area contributed by atoms with Crippen molar-refractivity contribution in [2.45, 2.75) is 47.1 Å². The summed E-state index contributed by atoms with van der Waals surface area (Å²) in [6.45, 7) is 10.3. The fraction of sp³-hybridized carbons (Fsp3) is 0.296. The lowest BCUT2D eigenvalue weighted by atomic mass is 10.0. The molecule has 3 rings (SSSR count). The van der Waals surface area contributed by atoms with Crippen LogP contribution in [0.2, 0.25) is 0 Å². The van der Waals surface area contributed by atoms with E-state index in [-0.39, 0.29) is 18.9 Å².